The molecule has 3 N–H and O–H groups in total. The molecule has 0 spiro atoms. The summed E-state index contributed by atoms with van der Waals surface area (Å²) in [7, 11) is 0. The standard InChI is InChI=1S/C17H18F2N4O2/c18-12-7-11(23-6-2-1-3-17(23)25)4-5-15(12)21-16(24)10-22-8-13(19)14(20)9-22/h1-7,13-14H,8-10,20H2,(H,21,24)/t13?,14-/m0/s1. The number of nitrogens with one attached hydrogen (secondary N) is 1. The maximum Gasteiger partial charge on any atom is 0.255 e. The van der Waals surface area contributed by atoms with Crippen LogP contribution in [0.4, 0.5) is 14.5 Å². The highest BCUT2D eigenvalue weighted by Gasteiger charge is 2.30. The Balaban J connectivity index is 1.68. The fourth-order valence-electron chi connectivity index (χ4n) is 2.79. The molecule has 132 valence electrons. The molecule has 0 bridgehead atoms. The molecule has 2 atom stereocenters. The van der Waals surface area contributed by atoms with Gasteiger partial charge >= 0.3 is 0 Å². The summed E-state index contributed by atoms with van der Waals surface area (Å²) in [5.41, 5.74) is 5.63. The van der Waals surface area contributed by atoms with Gasteiger partial charge < -0.3 is 11.1 Å². The molecule has 25 heavy (non-hydrogen) atoms. The maximum absolute atomic E-state index is 14.2. The van der Waals surface area contributed by atoms with E-state index in [9.17, 15) is 18.4 Å². The molecule has 3 rings (SSSR count). The Labute approximate surface area is 142 Å². The van der Waals surface area contributed by atoms with E-state index in [1.807, 2.05) is 0 Å². The molecular weight excluding hydrogens is 330 g/mol. The minimum absolute atomic E-state index is 0.00183. The maximum atomic E-state index is 14.2. The fraction of sp³-hybridized carbons (Fsp3) is 0.294. The van der Waals surface area contributed by atoms with Crippen LogP contribution in [-0.2, 0) is 4.79 Å². The quantitative estimate of drug-likeness (QED) is 0.860. The number of anilines is 1. The number of aromatic nitrogens is 1. The lowest BCUT2D eigenvalue weighted by atomic mass is 10.2. The highest BCUT2D eigenvalue weighted by Crippen LogP contribution is 2.18. The first-order valence-corrected chi connectivity index (χ1v) is 7.83. The number of alkyl halides is 1. The Hall–Kier alpha value is -2.58. The van der Waals surface area contributed by atoms with Crippen LogP contribution >= 0.6 is 0 Å². The zero-order valence-electron chi connectivity index (χ0n) is 13.4. The van der Waals surface area contributed by atoms with Crippen LogP contribution in [0.15, 0.2) is 47.4 Å². The van der Waals surface area contributed by atoms with Crippen LogP contribution < -0.4 is 16.6 Å². The monoisotopic (exact) mass is 348 g/mol. The molecule has 1 aliphatic heterocycles. The molecule has 2 heterocycles. The molecule has 1 aromatic carbocycles. The second-order valence-corrected chi connectivity index (χ2v) is 6.00. The molecule has 2 aromatic rings. The normalized spacial score (nSPS) is 20.6. The third-order valence-electron chi connectivity index (χ3n) is 4.06. The minimum atomic E-state index is -1.16. The van der Waals surface area contributed by atoms with Gasteiger partial charge in [0, 0.05) is 37.5 Å². The number of nitrogens with two attached hydrogens (primary N) is 1. The average molecular weight is 348 g/mol. The Morgan fingerprint density at radius 2 is 2.08 bits per heavy atom. The third kappa shape index (κ3) is 3.92. The lowest BCUT2D eigenvalue weighted by Gasteiger charge is -2.15. The summed E-state index contributed by atoms with van der Waals surface area (Å²) in [6.07, 6.45) is 0.368. The van der Waals surface area contributed by atoms with Gasteiger partial charge in [-0.15, -0.1) is 0 Å². The van der Waals surface area contributed by atoms with Crippen molar-refractivity contribution in [3.05, 3.63) is 58.8 Å². The van der Waals surface area contributed by atoms with Crippen molar-refractivity contribution < 1.29 is 13.6 Å². The van der Waals surface area contributed by atoms with Gasteiger partial charge in [-0.3, -0.25) is 19.1 Å². The van der Waals surface area contributed by atoms with Crippen molar-refractivity contribution in [3.8, 4) is 5.69 Å². The van der Waals surface area contributed by atoms with E-state index in [4.69, 9.17) is 5.73 Å². The smallest absolute Gasteiger partial charge is 0.255 e. The van der Waals surface area contributed by atoms with E-state index in [2.05, 4.69) is 5.32 Å². The van der Waals surface area contributed by atoms with Crippen LogP contribution in [0.1, 0.15) is 0 Å². The number of carbonyl (C=O) groups is 1. The number of rotatable bonds is 4. The Bertz CT molecular complexity index is 829. The summed E-state index contributed by atoms with van der Waals surface area (Å²) in [4.78, 5) is 25.4. The molecule has 0 aliphatic carbocycles. The summed E-state index contributed by atoms with van der Waals surface area (Å²) in [6.45, 7) is 0.313. The van der Waals surface area contributed by atoms with Crippen molar-refractivity contribution in [2.45, 2.75) is 12.2 Å². The number of carbonyl (C=O) groups excluding carboxylic acids is 1. The second-order valence-electron chi connectivity index (χ2n) is 6.00. The van der Waals surface area contributed by atoms with E-state index >= 15 is 0 Å². The van der Waals surface area contributed by atoms with Gasteiger partial charge in [0.1, 0.15) is 12.0 Å². The molecule has 8 heteroatoms. The van der Waals surface area contributed by atoms with Crippen LogP contribution in [-0.4, -0.2) is 47.2 Å². The van der Waals surface area contributed by atoms with Crippen molar-refractivity contribution in [2.24, 2.45) is 5.73 Å². The summed E-state index contributed by atoms with van der Waals surface area (Å²) < 4.78 is 28.9. The summed E-state index contributed by atoms with van der Waals surface area (Å²) in [6, 6.07) is 8.10. The van der Waals surface area contributed by atoms with Gasteiger partial charge in [0.25, 0.3) is 5.56 Å². The van der Waals surface area contributed by atoms with E-state index in [0.29, 0.717) is 5.69 Å². The molecule has 0 saturated carbocycles. The Morgan fingerprint density at radius 1 is 1.28 bits per heavy atom. The third-order valence-corrected chi connectivity index (χ3v) is 4.06. The Kier molecular flexibility index (Phi) is 4.91. The zero-order chi connectivity index (χ0) is 18.0. The SMILES string of the molecule is N[C@H]1CN(CC(=O)Nc2ccc(-n3ccccc3=O)cc2F)CC1F. The highest BCUT2D eigenvalue weighted by atomic mass is 19.1. The van der Waals surface area contributed by atoms with E-state index in [1.54, 1.807) is 17.0 Å². The van der Waals surface area contributed by atoms with Gasteiger partial charge in [0.2, 0.25) is 5.91 Å². The largest absolute Gasteiger partial charge is 0.324 e. The van der Waals surface area contributed by atoms with Crippen molar-refractivity contribution >= 4 is 11.6 Å². The van der Waals surface area contributed by atoms with E-state index in [-0.39, 0.29) is 30.9 Å². The lowest BCUT2D eigenvalue weighted by Crippen LogP contribution is -2.34. The van der Waals surface area contributed by atoms with Crippen molar-refractivity contribution in [1.82, 2.24) is 9.47 Å². The highest BCUT2D eigenvalue weighted by molar-refractivity contribution is 5.92. The number of likely N-dealkylation sites (tertiary alicyclic amines) is 1. The number of hydrogen-bond acceptors (Lipinski definition) is 4. The Morgan fingerprint density at radius 3 is 2.72 bits per heavy atom. The number of nitrogens with zero attached hydrogens (tertiary/aromatic N) is 2. The molecule has 0 radical (unpaired) electrons. The fourth-order valence-corrected chi connectivity index (χ4v) is 2.79. The van der Waals surface area contributed by atoms with E-state index in [1.165, 1.54) is 35.0 Å². The minimum Gasteiger partial charge on any atom is -0.324 e. The summed E-state index contributed by atoms with van der Waals surface area (Å²) in [5, 5.41) is 2.45. The first-order valence-electron chi connectivity index (χ1n) is 7.83. The van der Waals surface area contributed by atoms with Gasteiger partial charge in [0.05, 0.1) is 17.9 Å². The predicted molar refractivity (Wildman–Crippen MR) is 89.9 cm³/mol. The molecule has 6 nitrogen and oxygen atoms in total. The number of pyridine rings is 1. The first kappa shape index (κ1) is 17.2. The van der Waals surface area contributed by atoms with Crippen molar-refractivity contribution in [2.75, 3.05) is 25.0 Å². The molecule has 1 saturated heterocycles. The second kappa shape index (κ2) is 7.12. The van der Waals surface area contributed by atoms with Crippen LogP contribution in [0, 0.1) is 5.82 Å². The molecule has 1 fully saturated rings. The summed E-state index contributed by atoms with van der Waals surface area (Å²) in [5.74, 6) is -1.12. The molecule has 1 amide bonds. The summed E-state index contributed by atoms with van der Waals surface area (Å²) >= 11 is 0. The molecule has 1 aromatic heterocycles. The van der Waals surface area contributed by atoms with Gasteiger partial charge in [-0.2, -0.15) is 0 Å². The number of hydrogen-bond donors (Lipinski definition) is 2. The number of amides is 1. The zero-order valence-corrected chi connectivity index (χ0v) is 13.4. The van der Waals surface area contributed by atoms with Crippen molar-refractivity contribution in [3.63, 3.8) is 0 Å². The van der Waals surface area contributed by atoms with Crippen LogP contribution in [0.25, 0.3) is 5.69 Å². The predicted octanol–water partition coefficient (Wildman–Crippen LogP) is 0.896. The van der Waals surface area contributed by atoms with Crippen LogP contribution in [0.3, 0.4) is 0 Å². The van der Waals surface area contributed by atoms with Crippen LogP contribution in [0.5, 0.6) is 0 Å². The van der Waals surface area contributed by atoms with Crippen molar-refractivity contribution in [1.29, 1.82) is 0 Å². The van der Waals surface area contributed by atoms with E-state index in [0.717, 1.165) is 0 Å². The van der Waals surface area contributed by atoms with Gasteiger partial charge in [-0.05, 0) is 18.2 Å². The molecule has 1 aliphatic rings. The lowest BCUT2D eigenvalue weighted by molar-refractivity contribution is -0.117. The van der Waals surface area contributed by atoms with Gasteiger partial charge in [-0.1, -0.05) is 6.07 Å². The number of benzene rings is 1. The van der Waals surface area contributed by atoms with Gasteiger partial charge in [-0.25, -0.2) is 8.78 Å². The first-order chi connectivity index (χ1) is 11.9. The number of halogens is 2. The molecular formula is C17H18F2N4O2. The molecule has 1 unspecified atom stereocenters. The average Bonchev–Trinajstić information content (AvgIpc) is 2.87. The van der Waals surface area contributed by atoms with Crippen LogP contribution in [0.2, 0.25) is 0 Å². The van der Waals surface area contributed by atoms with Gasteiger partial charge in [0.15, 0.2) is 0 Å². The van der Waals surface area contributed by atoms with E-state index < -0.39 is 23.9 Å². The topological polar surface area (TPSA) is 80.4 Å².